The molecule has 2 aromatic carbocycles. The van der Waals surface area contributed by atoms with Crippen LogP contribution in [0.4, 0.5) is 0 Å². The molecule has 6 heteroatoms. The molecule has 4 rings (SSSR count). The van der Waals surface area contributed by atoms with Crippen molar-refractivity contribution in [2.24, 2.45) is 0 Å². The Morgan fingerprint density at radius 2 is 1.88 bits per heavy atom. The maximum atomic E-state index is 12.3. The smallest absolute Gasteiger partial charge is 0.294 e. The van der Waals surface area contributed by atoms with E-state index in [1.165, 1.54) is 5.56 Å². The largest absolute Gasteiger partial charge is 0.349 e. The fourth-order valence-electron chi connectivity index (χ4n) is 3.01. The van der Waals surface area contributed by atoms with Gasteiger partial charge in [0, 0.05) is 16.1 Å². The Bertz CT molecular complexity index is 1180. The summed E-state index contributed by atoms with van der Waals surface area (Å²) in [7, 11) is 0. The Morgan fingerprint density at radius 1 is 1.12 bits per heavy atom. The van der Waals surface area contributed by atoms with Crippen LogP contribution in [0, 0.1) is 0 Å². The molecular formula is C19H14ClN3O2. The number of aryl methyl sites for hydroxylation is 1. The molecule has 1 N–H and O–H groups in total. The molecule has 124 valence electrons. The molecule has 0 bridgehead atoms. The van der Waals surface area contributed by atoms with Crippen LogP contribution in [-0.4, -0.2) is 14.5 Å². The van der Waals surface area contributed by atoms with Crippen molar-refractivity contribution in [2.75, 3.05) is 0 Å². The third kappa shape index (κ3) is 2.53. The summed E-state index contributed by atoms with van der Waals surface area (Å²) in [5.41, 5.74) is 1.96. The number of H-pyrrole nitrogens is 1. The summed E-state index contributed by atoms with van der Waals surface area (Å²) >= 11 is 6.34. The zero-order chi connectivity index (χ0) is 17.6. The van der Waals surface area contributed by atoms with Gasteiger partial charge in [-0.1, -0.05) is 36.7 Å². The number of fused-ring (bicyclic) bond motifs is 2. The fraction of sp³-hybridized carbons (Fsp3) is 0.105. The lowest BCUT2D eigenvalue weighted by atomic mass is 10.1. The zero-order valence-electron chi connectivity index (χ0n) is 13.4. The average Bonchev–Trinajstić information content (AvgIpc) is 2.61. The summed E-state index contributed by atoms with van der Waals surface area (Å²) in [6.07, 6.45) is 0.926. The van der Waals surface area contributed by atoms with Crippen molar-refractivity contribution in [3.05, 3.63) is 80.0 Å². The van der Waals surface area contributed by atoms with Gasteiger partial charge in [-0.2, -0.15) is 4.98 Å². The van der Waals surface area contributed by atoms with E-state index in [1.54, 1.807) is 16.7 Å². The van der Waals surface area contributed by atoms with Gasteiger partial charge in [-0.05, 0) is 42.3 Å². The van der Waals surface area contributed by atoms with Crippen molar-refractivity contribution in [3.8, 4) is 17.1 Å². The number of benzene rings is 2. The number of pyridine rings is 1. The van der Waals surface area contributed by atoms with Crippen molar-refractivity contribution in [3.63, 3.8) is 0 Å². The lowest BCUT2D eigenvalue weighted by molar-refractivity contribution is 0.958. The minimum absolute atomic E-state index is 0.313. The molecule has 0 aromatic heterocycles. The van der Waals surface area contributed by atoms with E-state index in [0.717, 1.165) is 23.0 Å². The number of rotatable bonds is 2. The lowest BCUT2D eigenvalue weighted by Crippen LogP contribution is -2.27. The molecule has 0 amide bonds. The third-order valence-corrected chi connectivity index (χ3v) is 4.62. The maximum absolute atomic E-state index is 12.3. The fourth-order valence-corrected chi connectivity index (χ4v) is 3.24. The highest BCUT2D eigenvalue weighted by Gasteiger charge is 2.19. The number of halogens is 1. The number of aromatic amines is 1. The number of nitrogens with zero attached hydrogens (tertiary/aromatic N) is 2. The molecule has 0 atom stereocenters. The monoisotopic (exact) mass is 351 g/mol. The van der Waals surface area contributed by atoms with Gasteiger partial charge in [0.25, 0.3) is 5.56 Å². The molecule has 0 fully saturated rings. The number of nitrogens with one attached hydrogen (secondary N) is 1. The Labute approximate surface area is 147 Å². The van der Waals surface area contributed by atoms with Crippen LogP contribution in [0.3, 0.4) is 0 Å². The third-order valence-electron chi connectivity index (χ3n) is 4.29. The molecule has 2 aromatic rings. The molecule has 2 aliphatic rings. The second-order valence-corrected chi connectivity index (χ2v) is 6.19. The second kappa shape index (κ2) is 5.86. The number of aromatic nitrogens is 3. The second-order valence-electron chi connectivity index (χ2n) is 5.78. The van der Waals surface area contributed by atoms with Gasteiger partial charge in [-0.15, -0.1) is 0 Å². The standard InChI is InChI=1S/C19H14ClN3O2/c1-2-11-6-8-12(9-7-11)23-16-5-3-4-15(20)13(16)10-14-17(23)21-19(25)22-18(14)24/h3-10H,2H2,1H3,(H,22,24,25). The minimum Gasteiger partial charge on any atom is -0.294 e. The van der Waals surface area contributed by atoms with Gasteiger partial charge >= 0.3 is 5.69 Å². The summed E-state index contributed by atoms with van der Waals surface area (Å²) < 4.78 is 1.80. The summed E-state index contributed by atoms with van der Waals surface area (Å²) in [5, 5.41) is 1.26. The van der Waals surface area contributed by atoms with Crippen LogP contribution in [0.5, 0.6) is 0 Å². The molecule has 0 saturated heterocycles. The van der Waals surface area contributed by atoms with Crippen LogP contribution in [0.2, 0.25) is 5.02 Å². The molecule has 0 unspecified atom stereocenters. The van der Waals surface area contributed by atoms with Crippen molar-refractivity contribution < 1.29 is 0 Å². The van der Waals surface area contributed by atoms with Gasteiger partial charge in [0.1, 0.15) is 0 Å². The van der Waals surface area contributed by atoms with Crippen LogP contribution in [-0.2, 0) is 6.42 Å². The number of hydrogen-bond acceptors (Lipinski definition) is 3. The Hall–Kier alpha value is -2.92. The highest BCUT2D eigenvalue weighted by molar-refractivity contribution is 6.35. The van der Waals surface area contributed by atoms with Gasteiger partial charge in [-0.3, -0.25) is 14.3 Å². The Balaban J connectivity index is 2.20. The van der Waals surface area contributed by atoms with Crippen molar-refractivity contribution in [1.82, 2.24) is 14.5 Å². The van der Waals surface area contributed by atoms with E-state index in [9.17, 15) is 9.59 Å². The molecule has 0 aliphatic carbocycles. The molecule has 0 spiro atoms. The van der Waals surface area contributed by atoms with E-state index < -0.39 is 11.2 Å². The van der Waals surface area contributed by atoms with Crippen molar-refractivity contribution in [1.29, 1.82) is 0 Å². The molecule has 25 heavy (non-hydrogen) atoms. The molecule has 2 aliphatic heterocycles. The maximum Gasteiger partial charge on any atom is 0.349 e. The highest BCUT2D eigenvalue weighted by Crippen LogP contribution is 2.31. The van der Waals surface area contributed by atoms with E-state index in [-0.39, 0.29) is 0 Å². The number of hydrogen-bond donors (Lipinski definition) is 1. The van der Waals surface area contributed by atoms with Gasteiger partial charge in [-0.25, -0.2) is 4.79 Å². The molecular weight excluding hydrogens is 338 g/mol. The lowest BCUT2D eigenvalue weighted by Gasteiger charge is -2.18. The van der Waals surface area contributed by atoms with E-state index in [1.807, 2.05) is 36.4 Å². The Morgan fingerprint density at radius 3 is 2.60 bits per heavy atom. The quantitative estimate of drug-likeness (QED) is 0.563. The predicted molar refractivity (Wildman–Crippen MR) is 99.0 cm³/mol. The van der Waals surface area contributed by atoms with E-state index >= 15 is 0 Å². The van der Waals surface area contributed by atoms with Crippen molar-refractivity contribution >= 4 is 22.5 Å². The SMILES string of the molecule is CCc1ccc(-n2c3nc(=O)[nH]c(=O)c-3cc3c(Cl)cccc32)cc1. The summed E-state index contributed by atoms with van der Waals surface area (Å²) in [6, 6.07) is 15.1. The first-order chi connectivity index (χ1) is 12.1. The molecule has 5 nitrogen and oxygen atoms in total. The van der Waals surface area contributed by atoms with Gasteiger partial charge < -0.3 is 0 Å². The first-order valence-electron chi connectivity index (χ1n) is 7.92. The van der Waals surface area contributed by atoms with Crippen LogP contribution < -0.4 is 11.2 Å². The van der Waals surface area contributed by atoms with Gasteiger partial charge in [0.05, 0.1) is 11.1 Å². The Kier molecular flexibility index (Phi) is 3.66. The molecule has 0 saturated carbocycles. The van der Waals surface area contributed by atoms with E-state index in [2.05, 4.69) is 16.9 Å². The van der Waals surface area contributed by atoms with Crippen LogP contribution in [0.25, 0.3) is 28.0 Å². The predicted octanol–water partition coefficient (Wildman–Crippen LogP) is 3.39. The van der Waals surface area contributed by atoms with Crippen LogP contribution in [0.1, 0.15) is 12.5 Å². The van der Waals surface area contributed by atoms with Gasteiger partial charge in [0.2, 0.25) is 0 Å². The first kappa shape index (κ1) is 15.6. The average molecular weight is 352 g/mol. The normalized spacial score (nSPS) is 11.3. The summed E-state index contributed by atoms with van der Waals surface area (Å²) in [4.78, 5) is 30.3. The van der Waals surface area contributed by atoms with Crippen molar-refractivity contribution in [2.45, 2.75) is 13.3 Å². The first-order valence-corrected chi connectivity index (χ1v) is 8.30. The van der Waals surface area contributed by atoms with Crippen LogP contribution in [0.15, 0.2) is 58.1 Å². The molecule has 2 heterocycles. The van der Waals surface area contributed by atoms with Crippen LogP contribution >= 0.6 is 11.6 Å². The topological polar surface area (TPSA) is 67.8 Å². The summed E-state index contributed by atoms with van der Waals surface area (Å²) in [5.74, 6) is 0.313. The zero-order valence-corrected chi connectivity index (χ0v) is 14.2. The summed E-state index contributed by atoms with van der Waals surface area (Å²) in [6.45, 7) is 2.08. The minimum atomic E-state index is -0.669. The van der Waals surface area contributed by atoms with E-state index in [4.69, 9.17) is 11.6 Å². The molecule has 0 radical (unpaired) electrons. The van der Waals surface area contributed by atoms with E-state index in [0.29, 0.717) is 16.4 Å². The highest BCUT2D eigenvalue weighted by atomic mass is 35.5. The van der Waals surface area contributed by atoms with Gasteiger partial charge in [0.15, 0.2) is 5.82 Å².